The van der Waals surface area contributed by atoms with Gasteiger partial charge in [-0.15, -0.1) is 0 Å². The molecule has 0 aliphatic rings. The Hall–Kier alpha value is -4.12. The predicted molar refractivity (Wildman–Crippen MR) is 133 cm³/mol. The van der Waals surface area contributed by atoms with E-state index in [1.54, 1.807) is 71.2 Å². The van der Waals surface area contributed by atoms with Crippen LogP contribution in [0.4, 0.5) is 11.6 Å². The Labute approximate surface area is 202 Å². The van der Waals surface area contributed by atoms with Gasteiger partial charge in [-0.3, -0.25) is 14.9 Å². The van der Waals surface area contributed by atoms with Crippen LogP contribution in [-0.4, -0.2) is 36.2 Å². The molecule has 11 heteroatoms. The van der Waals surface area contributed by atoms with Gasteiger partial charge in [0.05, 0.1) is 40.3 Å². The van der Waals surface area contributed by atoms with Crippen molar-refractivity contribution in [2.75, 3.05) is 11.8 Å². The van der Waals surface area contributed by atoms with Crippen molar-refractivity contribution in [1.29, 1.82) is 0 Å². The van der Waals surface area contributed by atoms with Gasteiger partial charge in [0.25, 0.3) is 15.6 Å². The monoisotopic (exact) mass is 495 g/mol. The van der Waals surface area contributed by atoms with E-state index < -0.39 is 10.0 Å². The predicted octanol–water partition coefficient (Wildman–Crippen LogP) is 4.03. The van der Waals surface area contributed by atoms with Crippen LogP contribution in [0.3, 0.4) is 0 Å². The molecule has 0 radical (unpaired) electrons. The number of nitrogens with zero attached hydrogens (tertiary/aromatic N) is 3. The molecule has 2 aromatic heterocycles. The highest BCUT2D eigenvalue weighted by molar-refractivity contribution is 7.92. The van der Waals surface area contributed by atoms with E-state index in [1.807, 2.05) is 0 Å². The number of sulfonamides is 1. The van der Waals surface area contributed by atoms with Crippen molar-refractivity contribution in [2.24, 2.45) is 4.99 Å². The Morgan fingerprint density at radius 2 is 1.74 bits per heavy atom. The number of ether oxygens (including phenoxy) is 1. The summed E-state index contributed by atoms with van der Waals surface area (Å²) in [4.78, 5) is 17.7. The molecule has 0 aliphatic heterocycles. The largest absolute Gasteiger partial charge is 0.497 e. The number of anilines is 1. The lowest BCUT2D eigenvalue weighted by molar-refractivity contribution is 0.414. The number of rotatable bonds is 7. The van der Waals surface area contributed by atoms with Gasteiger partial charge in [-0.1, -0.05) is 5.16 Å². The average Bonchev–Trinajstić information content (AvgIpc) is 3.31. The summed E-state index contributed by atoms with van der Waals surface area (Å²) in [6, 6.07) is 13.1. The number of hydrogen-bond donors (Lipinski definition) is 2. The lowest BCUT2D eigenvalue weighted by Gasteiger charge is -2.06. The van der Waals surface area contributed by atoms with Gasteiger partial charge in [0.1, 0.15) is 5.75 Å². The number of aryl methyl sites for hydroxylation is 2. The molecule has 0 saturated heterocycles. The summed E-state index contributed by atoms with van der Waals surface area (Å²) in [6.45, 7) is 6.97. The fourth-order valence-corrected chi connectivity index (χ4v) is 4.57. The summed E-state index contributed by atoms with van der Waals surface area (Å²) in [5, 5.41) is 6.83. The molecule has 4 aromatic rings. The summed E-state index contributed by atoms with van der Waals surface area (Å²) in [7, 11) is -2.29. The zero-order valence-electron chi connectivity index (χ0n) is 19.9. The van der Waals surface area contributed by atoms with E-state index in [2.05, 4.69) is 20.0 Å². The third-order valence-corrected chi connectivity index (χ3v) is 6.94. The highest BCUT2D eigenvalue weighted by Gasteiger charge is 2.19. The highest BCUT2D eigenvalue weighted by Crippen LogP contribution is 2.24. The molecule has 4 rings (SSSR count). The van der Waals surface area contributed by atoms with Crippen molar-refractivity contribution >= 4 is 27.3 Å². The molecule has 35 heavy (non-hydrogen) atoms. The average molecular weight is 496 g/mol. The maximum absolute atomic E-state index is 13.1. The van der Waals surface area contributed by atoms with Crippen LogP contribution in [0.15, 0.2) is 67.7 Å². The van der Waals surface area contributed by atoms with Crippen LogP contribution in [-0.2, 0) is 10.0 Å². The van der Waals surface area contributed by atoms with Crippen LogP contribution in [0.1, 0.15) is 29.4 Å². The van der Waals surface area contributed by atoms with Crippen LogP contribution in [0.5, 0.6) is 5.75 Å². The normalized spacial score (nSPS) is 12.1. The summed E-state index contributed by atoms with van der Waals surface area (Å²) in [6.07, 6.45) is 0. The Morgan fingerprint density at radius 3 is 2.31 bits per heavy atom. The zero-order chi connectivity index (χ0) is 25.3. The molecule has 0 aliphatic carbocycles. The second-order valence-corrected chi connectivity index (χ2v) is 9.65. The fourth-order valence-electron chi connectivity index (χ4n) is 3.53. The molecule has 182 valence electrons. The Kier molecular flexibility index (Phi) is 6.35. The van der Waals surface area contributed by atoms with Crippen molar-refractivity contribution in [1.82, 2.24) is 14.9 Å². The number of H-pyrrole nitrogens is 1. The minimum Gasteiger partial charge on any atom is -0.497 e. The SMILES string of the molecule is COc1ccc(-n2[nH]c(C)c(C(C)=Nc3ccc(S(=O)(=O)Nc4onc(C)c4C)cc3)c2=O)cc1. The maximum Gasteiger partial charge on any atom is 0.280 e. The molecule has 0 amide bonds. The van der Waals surface area contributed by atoms with Crippen molar-refractivity contribution in [3.63, 3.8) is 0 Å². The van der Waals surface area contributed by atoms with Gasteiger partial charge in [0.2, 0.25) is 5.88 Å². The summed E-state index contributed by atoms with van der Waals surface area (Å²) < 4.78 is 39.4. The third kappa shape index (κ3) is 4.76. The number of nitrogens with one attached hydrogen (secondary N) is 2. The number of hydrogen-bond acceptors (Lipinski definition) is 7. The molecule has 2 heterocycles. The number of benzene rings is 2. The molecule has 10 nitrogen and oxygen atoms in total. The van der Waals surface area contributed by atoms with Crippen molar-refractivity contribution in [2.45, 2.75) is 32.6 Å². The minimum atomic E-state index is -3.87. The minimum absolute atomic E-state index is 0.0437. The first-order chi connectivity index (χ1) is 16.6. The number of methoxy groups -OCH3 is 1. The van der Waals surface area contributed by atoms with Crippen molar-refractivity contribution in [3.8, 4) is 11.4 Å². The lowest BCUT2D eigenvalue weighted by Crippen LogP contribution is -2.19. The second kappa shape index (κ2) is 9.26. The highest BCUT2D eigenvalue weighted by atomic mass is 32.2. The van der Waals surface area contributed by atoms with E-state index in [-0.39, 0.29) is 16.3 Å². The van der Waals surface area contributed by atoms with Crippen LogP contribution in [0.25, 0.3) is 5.69 Å². The van der Waals surface area contributed by atoms with Gasteiger partial charge >= 0.3 is 0 Å². The van der Waals surface area contributed by atoms with Crippen molar-refractivity contribution in [3.05, 3.63) is 81.4 Å². The third-order valence-electron chi connectivity index (χ3n) is 5.59. The van der Waals surface area contributed by atoms with Gasteiger partial charge in [0, 0.05) is 11.3 Å². The van der Waals surface area contributed by atoms with Crippen LogP contribution in [0, 0.1) is 20.8 Å². The first-order valence-electron chi connectivity index (χ1n) is 10.7. The molecule has 2 aromatic carbocycles. The number of aromatic amines is 1. The van der Waals surface area contributed by atoms with Gasteiger partial charge < -0.3 is 9.26 Å². The van der Waals surface area contributed by atoms with Crippen LogP contribution < -0.4 is 15.0 Å². The summed E-state index contributed by atoms with van der Waals surface area (Å²) in [5.74, 6) is 0.770. The molecule has 0 atom stereocenters. The van der Waals surface area contributed by atoms with Crippen LogP contribution in [0.2, 0.25) is 0 Å². The smallest absolute Gasteiger partial charge is 0.280 e. The van der Waals surface area contributed by atoms with E-state index in [1.165, 1.54) is 16.8 Å². The van der Waals surface area contributed by atoms with Gasteiger partial charge in [-0.25, -0.2) is 17.8 Å². The van der Waals surface area contributed by atoms with E-state index >= 15 is 0 Å². The molecular formula is C24H25N5O5S. The van der Waals surface area contributed by atoms with Gasteiger partial charge in [-0.2, -0.15) is 0 Å². The zero-order valence-corrected chi connectivity index (χ0v) is 20.7. The Bertz CT molecular complexity index is 1560. The maximum atomic E-state index is 13.1. The Morgan fingerprint density at radius 1 is 1.09 bits per heavy atom. The standard InChI is InChI=1S/C24H25N5O5S/c1-14-15(2)27-34-23(14)28-35(31,32)21-12-6-18(7-13-21)25-16(3)22-17(4)26-29(24(22)30)19-8-10-20(33-5)11-9-19/h6-13,26,28H,1-5H3. The molecule has 0 saturated carbocycles. The van der Waals surface area contributed by atoms with Crippen molar-refractivity contribution < 1.29 is 17.7 Å². The topological polar surface area (TPSA) is 132 Å². The van der Waals surface area contributed by atoms with Crippen LogP contribution >= 0.6 is 0 Å². The lowest BCUT2D eigenvalue weighted by atomic mass is 10.1. The fraction of sp³-hybridized carbons (Fsp3) is 0.208. The molecule has 0 fully saturated rings. The number of aliphatic imine (C=N–C) groups is 1. The molecule has 0 spiro atoms. The number of aromatic nitrogens is 3. The molecule has 2 N–H and O–H groups in total. The molecule has 0 bridgehead atoms. The van der Waals surface area contributed by atoms with Gasteiger partial charge in [-0.05, 0) is 76.2 Å². The second-order valence-electron chi connectivity index (χ2n) is 7.97. The molecule has 0 unspecified atom stereocenters. The van der Waals surface area contributed by atoms with E-state index in [4.69, 9.17) is 9.26 Å². The van der Waals surface area contributed by atoms with E-state index in [0.717, 1.165) is 0 Å². The Balaban J connectivity index is 1.59. The van der Waals surface area contributed by atoms with E-state index in [9.17, 15) is 13.2 Å². The summed E-state index contributed by atoms with van der Waals surface area (Å²) >= 11 is 0. The first kappa shape index (κ1) is 24.0. The summed E-state index contributed by atoms with van der Waals surface area (Å²) in [5.41, 5.74) is 3.75. The van der Waals surface area contributed by atoms with E-state index in [0.29, 0.717) is 45.4 Å². The first-order valence-corrected chi connectivity index (χ1v) is 12.2. The molecular weight excluding hydrogens is 470 g/mol. The van der Waals surface area contributed by atoms with Gasteiger partial charge in [0.15, 0.2) is 0 Å². The quantitative estimate of drug-likeness (QED) is 0.372.